The van der Waals surface area contributed by atoms with Gasteiger partial charge in [-0.1, -0.05) is 24.3 Å². The molecule has 1 aliphatic heterocycles. The first-order chi connectivity index (χ1) is 9.44. The van der Waals surface area contributed by atoms with Crippen molar-refractivity contribution in [3.05, 3.63) is 35.4 Å². The maximum Gasteiger partial charge on any atom is 0.307 e. The summed E-state index contributed by atoms with van der Waals surface area (Å²) in [6.45, 7) is 5.87. The van der Waals surface area contributed by atoms with E-state index in [0.29, 0.717) is 6.04 Å². The highest BCUT2D eigenvalue weighted by atomic mass is 16.5. The van der Waals surface area contributed by atoms with Crippen LogP contribution in [0.2, 0.25) is 0 Å². The SMILES string of the molecule is CC1(C)CC(NCc2ccc(CC(=O)O)cc2)CCO1. The predicted molar refractivity (Wildman–Crippen MR) is 77.7 cm³/mol. The molecule has 2 N–H and O–H groups in total. The Hall–Kier alpha value is -1.39. The lowest BCUT2D eigenvalue weighted by Gasteiger charge is -2.36. The van der Waals surface area contributed by atoms with Crippen LogP contribution in [0.5, 0.6) is 0 Å². The number of carboxylic acid groups (broad SMARTS) is 1. The van der Waals surface area contributed by atoms with Crippen molar-refractivity contribution in [1.82, 2.24) is 5.32 Å². The molecule has 20 heavy (non-hydrogen) atoms. The normalized spacial score (nSPS) is 21.6. The fourth-order valence-electron chi connectivity index (χ4n) is 2.62. The smallest absolute Gasteiger partial charge is 0.307 e. The third-order valence-corrected chi connectivity index (χ3v) is 3.67. The third-order valence-electron chi connectivity index (χ3n) is 3.67. The lowest BCUT2D eigenvalue weighted by Crippen LogP contribution is -2.43. The van der Waals surface area contributed by atoms with Gasteiger partial charge in [-0.3, -0.25) is 4.79 Å². The number of aliphatic carboxylic acids is 1. The fraction of sp³-hybridized carbons (Fsp3) is 0.562. The van der Waals surface area contributed by atoms with Crippen molar-refractivity contribution < 1.29 is 14.6 Å². The van der Waals surface area contributed by atoms with E-state index in [-0.39, 0.29) is 12.0 Å². The molecule has 0 amide bonds. The highest BCUT2D eigenvalue weighted by Gasteiger charge is 2.28. The maximum absolute atomic E-state index is 10.6. The van der Waals surface area contributed by atoms with Crippen LogP contribution in [0.3, 0.4) is 0 Å². The van der Waals surface area contributed by atoms with E-state index in [2.05, 4.69) is 19.2 Å². The van der Waals surface area contributed by atoms with E-state index >= 15 is 0 Å². The average Bonchev–Trinajstić information content (AvgIpc) is 2.36. The monoisotopic (exact) mass is 277 g/mol. The van der Waals surface area contributed by atoms with Gasteiger partial charge in [-0.25, -0.2) is 0 Å². The predicted octanol–water partition coefficient (Wildman–Crippen LogP) is 2.36. The molecule has 0 spiro atoms. The molecular formula is C16H23NO3. The molecule has 0 radical (unpaired) electrons. The summed E-state index contributed by atoms with van der Waals surface area (Å²) in [6, 6.07) is 8.25. The van der Waals surface area contributed by atoms with Gasteiger partial charge < -0.3 is 15.2 Å². The Bertz CT molecular complexity index is 453. The molecule has 1 atom stereocenters. The minimum Gasteiger partial charge on any atom is -0.481 e. The molecule has 1 heterocycles. The summed E-state index contributed by atoms with van der Waals surface area (Å²) < 4.78 is 5.70. The summed E-state index contributed by atoms with van der Waals surface area (Å²) in [7, 11) is 0. The van der Waals surface area contributed by atoms with Crippen molar-refractivity contribution in [2.24, 2.45) is 0 Å². The zero-order valence-corrected chi connectivity index (χ0v) is 12.2. The van der Waals surface area contributed by atoms with Gasteiger partial charge in [-0.2, -0.15) is 0 Å². The number of hydrogen-bond acceptors (Lipinski definition) is 3. The van der Waals surface area contributed by atoms with Crippen LogP contribution in [-0.4, -0.2) is 29.3 Å². The molecule has 0 saturated carbocycles. The lowest BCUT2D eigenvalue weighted by molar-refractivity contribution is -0.136. The molecule has 1 aromatic rings. The van der Waals surface area contributed by atoms with Gasteiger partial charge in [-0.05, 0) is 37.8 Å². The summed E-state index contributed by atoms with van der Waals surface area (Å²) in [4.78, 5) is 10.6. The van der Waals surface area contributed by atoms with Crippen LogP contribution in [-0.2, 0) is 22.5 Å². The van der Waals surface area contributed by atoms with E-state index in [1.165, 1.54) is 5.56 Å². The second kappa shape index (κ2) is 6.37. The van der Waals surface area contributed by atoms with Crippen LogP contribution >= 0.6 is 0 Å². The number of ether oxygens (including phenoxy) is 1. The van der Waals surface area contributed by atoms with Gasteiger partial charge in [0.2, 0.25) is 0 Å². The summed E-state index contributed by atoms with van der Waals surface area (Å²) in [5.74, 6) is -0.791. The van der Waals surface area contributed by atoms with Crippen LogP contribution in [0.15, 0.2) is 24.3 Å². The molecule has 1 fully saturated rings. The first kappa shape index (κ1) is 15.0. The molecule has 1 aliphatic rings. The molecule has 0 aromatic heterocycles. The van der Waals surface area contributed by atoms with Crippen molar-refractivity contribution in [1.29, 1.82) is 0 Å². The first-order valence-electron chi connectivity index (χ1n) is 7.11. The zero-order chi connectivity index (χ0) is 14.6. The van der Waals surface area contributed by atoms with E-state index in [1.807, 2.05) is 24.3 Å². The molecule has 0 bridgehead atoms. The lowest BCUT2D eigenvalue weighted by atomic mass is 9.94. The van der Waals surface area contributed by atoms with Crippen LogP contribution < -0.4 is 5.32 Å². The third kappa shape index (κ3) is 4.62. The van der Waals surface area contributed by atoms with Crippen molar-refractivity contribution in [2.45, 2.75) is 51.3 Å². The minimum atomic E-state index is -0.791. The maximum atomic E-state index is 10.6. The largest absolute Gasteiger partial charge is 0.481 e. The Labute approximate surface area is 120 Å². The van der Waals surface area contributed by atoms with E-state index < -0.39 is 5.97 Å². The number of carboxylic acids is 1. The standard InChI is InChI=1S/C16H23NO3/c1-16(2)10-14(7-8-20-16)17-11-13-5-3-12(4-6-13)9-15(18)19/h3-6,14,17H,7-11H2,1-2H3,(H,18,19). The summed E-state index contributed by atoms with van der Waals surface area (Å²) in [6.07, 6.45) is 2.15. The molecule has 1 aromatic carbocycles. The molecular weight excluding hydrogens is 254 g/mol. The van der Waals surface area contributed by atoms with Crippen molar-refractivity contribution >= 4 is 5.97 Å². The molecule has 0 aliphatic carbocycles. The van der Waals surface area contributed by atoms with Crippen molar-refractivity contribution in [2.75, 3.05) is 6.61 Å². The van der Waals surface area contributed by atoms with Crippen LogP contribution in [0, 0.1) is 0 Å². The second-order valence-corrected chi connectivity index (χ2v) is 6.07. The topological polar surface area (TPSA) is 58.6 Å². The van der Waals surface area contributed by atoms with Gasteiger partial charge in [0.1, 0.15) is 0 Å². The Morgan fingerprint density at radius 2 is 2.00 bits per heavy atom. The molecule has 2 rings (SSSR count). The molecule has 4 heteroatoms. The van der Waals surface area contributed by atoms with Gasteiger partial charge in [0.15, 0.2) is 0 Å². The summed E-state index contributed by atoms with van der Waals surface area (Å²) in [5, 5.41) is 12.3. The Kier molecular flexibility index (Phi) is 4.78. The molecule has 1 saturated heterocycles. The van der Waals surface area contributed by atoms with E-state index in [9.17, 15) is 4.79 Å². The summed E-state index contributed by atoms with van der Waals surface area (Å²) in [5.41, 5.74) is 1.98. The minimum absolute atomic E-state index is 0.0404. The van der Waals surface area contributed by atoms with Crippen molar-refractivity contribution in [3.8, 4) is 0 Å². The number of rotatable bonds is 5. The second-order valence-electron chi connectivity index (χ2n) is 6.07. The van der Waals surface area contributed by atoms with Gasteiger partial charge in [0, 0.05) is 19.2 Å². The molecule has 110 valence electrons. The average molecular weight is 277 g/mol. The highest BCUT2D eigenvalue weighted by Crippen LogP contribution is 2.24. The van der Waals surface area contributed by atoms with Crippen LogP contribution in [0.1, 0.15) is 37.8 Å². The number of carbonyl (C=O) groups is 1. The van der Waals surface area contributed by atoms with Crippen LogP contribution in [0.4, 0.5) is 0 Å². The number of hydrogen-bond donors (Lipinski definition) is 2. The van der Waals surface area contributed by atoms with Gasteiger partial charge in [-0.15, -0.1) is 0 Å². The van der Waals surface area contributed by atoms with E-state index in [1.54, 1.807) is 0 Å². The quantitative estimate of drug-likeness (QED) is 0.867. The first-order valence-corrected chi connectivity index (χ1v) is 7.11. The fourth-order valence-corrected chi connectivity index (χ4v) is 2.62. The number of nitrogens with one attached hydrogen (secondary N) is 1. The number of benzene rings is 1. The molecule has 1 unspecified atom stereocenters. The highest BCUT2D eigenvalue weighted by molar-refractivity contribution is 5.70. The van der Waals surface area contributed by atoms with E-state index in [4.69, 9.17) is 9.84 Å². The van der Waals surface area contributed by atoms with Crippen molar-refractivity contribution in [3.63, 3.8) is 0 Å². The van der Waals surface area contributed by atoms with Crippen LogP contribution in [0.25, 0.3) is 0 Å². The Morgan fingerprint density at radius 1 is 1.35 bits per heavy atom. The Morgan fingerprint density at radius 3 is 2.60 bits per heavy atom. The summed E-state index contributed by atoms with van der Waals surface area (Å²) >= 11 is 0. The van der Waals surface area contributed by atoms with Gasteiger partial charge in [0.25, 0.3) is 0 Å². The van der Waals surface area contributed by atoms with Gasteiger partial charge in [0.05, 0.1) is 12.0 Å². The molecule has 4 nitrogen and oxygen atoms in total. The van der Waals surface area contributed by atoms with Gasteiger partial charge >= 0.3 is 5.97 Å². The Balaban J connectivity index is 1.83. The van der Waals surface area contributed by atoms with E-state index in [0.717, 1.165) is 31.6 Å². The zero-order valence-electron chi connectivity index (χ0n) is 12.2.